The second-order valence-corrected chi connectivity index (χ2v) is 8.07. The number of rotatable bonds is 5. The molecule has 1 unspecified atom stereocenters. The number of alkyl halides is 3. The molecular weight excluding hydrogens is 482 g/mol. The minimum Gasteiger partial charge on any atom is -0.377 e. The van der Waals surface area contributed by atoms with Gasteiger partial charge in [0.2, 0.25) is 0 Å². The molecule has 4 aromatic rings. The Labute approximate surface area is 201 Å². The average Bonchev–Trinajstić information content (AvgIpc) is 3.59. The van der Waals surface area contributed by atoms with Gasteiger partial charge in [-0.05, 0) is 48.4 Å². The van der Waals surface area contributed by atoms with E-state index in [9.17, 15) is 22.4 Å². The topological polar surface area (TPSA) is 91.0 Å². The summed E-state index contributed by atoms with van der Waals surface area (Å²) in [5, 5.41) is 15.9. The maximum atomic E-state index is 14.7. The Hall–Kier alpha value is -4.13. The van der Waals surface area contributed by atoms with Gasteiger partial charge in [-0.2, -0.15) is 43.2 Å². The molecule has 2 aromatic carbocycles. The molecule has 0 aliphatic carbocycles. The van der Waals surface area contributed by atoms with Gasteiger partial charge < -0.3 is 9.64 Å². The van der Waals surface area contributed by atoms with Crippen molar-refractivity contribution in [3.05, 3.63) is 83.7 Å². The van der Waals surface area contributed by atoms with E-state index in [1.54, 1.807) is 6.07 Å². The minimum atomic E-state index is -4.61. The summed E-state index contributed by atoms with van der Waals surface area (Å²) >= 11 is 0. The molecule has 0 bridgehead atoms. The van der Waals surface area contributed by atoms with Gasteiger partial charge in [0.1, 0.15) is 5.82 Å². The Morgan fingerprint density at radius 2 is 1.67 bits per heavy atom. The number of hydrogen-bond acceptors (Lipinski definition) is 6. The maximum absolute atomic E-state index is 14.7. The number of amides is 1. The number of aromatic nitrogens is 6. The van der Waals surface area contributed by atoms with Gasteiger partial charge in [-0.15, -0.1) is 0 Å². The molecule has 5 rings (SSSR count). The van der Waals surface area contributed by atoms with Gasteiger partial charge in [0.05, 0.1) is 66.5 Å². The van der Waals surface area contributed by atoms with Gasteiger partial charge in [0.15, 0.2) is 0 Å². The Morgan fingerprint density at radius 3 is 2.36 bits per heavy atom. The van der Waals surface area contributed by atoms with Gasteiger partial charge in [-0.25, -0.2) is 4.39 Å². The van der Waals surface area contributed by atoms with Crippen molar-refractivity contribution in [2.24, 2.45) is 0 Å². The molecule has 1 aliphatic heterocycles. The molecule has 1 aliphatic rings. The van der Waals surface area contributed by atoms with Crippen LogP contribution in [0.3, 0.4) is 0 Å². The standard InChI is InChI=1S/C23H19F4N7O2/c24-20-4-2-17(33-28-5-6-29-33)11-15(20)12-18-14-36-10-9-32(18)22(35)19-3-1-16(23(25,26)27)13-21(19)34-30-7-8-31-34/h1-8,11,13,18H,9-10,12,14H2. The van der Waals surface area contributed by atoms with E-state index in [4.69, 9.17) is 4.74 Å². The SMILES string of the molecule is O=C(c1ccc(C(F)(F)F)cc1-n1nccn1)N1CCOCC1Cc1cc(-n2nccn2)ccc1F. The molecule has 0 spiro atoms. The first kappa shape index (κ1) is 23.6. The van der Waals surface area contributed by atoms with Crippen LogP contribution in [-0.4, -0.2) is 66.6 Å². The fraction of sp³-hybridized carbons (Fsp3) is 0.261. The van der Waals surface area contributed by atoms with Crippen LogP contribution in [0, 0.1) is 5.82 Å². The summed E-state index contributed by atoms with van der Waals surface area (Å²) < 4.78 is 60.4. The van der Waals surface area contributed by atoms with Gasteiger partial charge in [-0.1, -0.05) is 0 Å². The van der Waals surface area contributed by atoms with Crippen LogP contribution in [0.2, 0.25) is 0 Å². The number of benzene rings is 2. The van der Waals surface area contributed by atoms with Gasteiger partial charge >= 0.3 is 6.18 Å². The molecule has 13 heteroatoms. The number of hydrogen-bond donors (Lipinski definition) is 0. The quantitative estimate of drug-likeness (QED) is 0.391. The molecule has 1 amide bonds. The summed E-state index contributed by atoms with van der Waals surface area (Å²) in [5.74, 6) is -1.01. The third kappa shape index (κ3) is 4.69. The third-order valence-corrected chi connectivity index (χ3v) is 5.81. The Kier molecular flexibility index (Phi) is 6.22. The smallest absolute Gasteiger partial charge is 0.377 e. The lowest BCUT2D eigenvalue weighted by molar-refractivity contribution is -0.137. The number of nitrogens with zero attached hydrogens (tertiary/aromatic N) is 7. The fourth-order valence-corrected chi connectivity index (χ4v) is 4.09. The predicted molar refractivity (Wildman–Crippen MR) is 117 cm³/mol. The molecule has 0 N–H and O–H groups in total. The Balaban J connectivity index is 1.47. The lowest BCUT2D eigenvalue weighted by Crippen LogP contribution is -2.50. The zero-order valence-corrected chi connectivity index (χ0v) is 18.6. The van der Waals surface area contributed by atoms with Crippen LogP contribution in [0.15, 0.2) is 61.2 Å². The molecule has 1 atom stereocenters. The highest BCUT2D eigenvalue weighted by molar-refractivity contribution is 5.98. The average molecular weight is 501 g/mol. The number of halogens is 4. The van der Waals surface area contributed by atoms with E-state index in [1.807, 2.05) is 0 Å². The summed E-state index contributed by atoms with van der Waals surface area (Å²) in [5.41, 5.74) is -0.194. The number of carbonyl (C=O) groups is 1. The molecule has 36 heavy (non-hydrogen) atoms. The Morgan fingerprint density at radius 1 is 0.972 bits per heavy atom. The van der Waals surface area contributed by atoms with Gasteiger partial charge in [-0.3, -0.25) is 4.79 Å². The summed E-state index contributed by atoms with van der Waals surface area (Å²) in [6.45, 7) is 0.544. The van der Waals surface area contributed by atoms with E-state index in [0.717, 1.165) is 23.0 Å². The molecule has 0 saturated carbocycles. The summed E-state index contributed by atoms with van der Waals surface area (Å²) in [7, 11) is 0. The molecule has 9 nitrogen and oxygen atoms in total. The molecule has 0 radical (unpaired) electrons. The second-order valence-electron chi connectivity index (χ2n) is 8.07. The van der Waals surface area contributed by atoms with Crippen molar-refractivity contribution in [1.82, 2.24) is 34.9 Å². The van der Waals surface area contributed by atoms with Crippen LogP contribution in [0.25, 0.3) is 11.4 Å². The van der Waals surface area contributed by atoms with E-state index in [1.165, 1.54) is 46.6 Å². The zero-order chi connectivity index (χ0) is 25.3. The van der Waals surface area contributed by atoms with Crippen LogP contribution in [0.5, 0.6) is 0 Å². The maximum Gasteiger partial charge on any atom is 0.416 e. The van der Waals surface area contributed by atoms with Crippen LogP contribution in [-0.2, 0) is 17.3 Å². The van der Waals surface area contributed by atoms with Crippen LogP contribution < -0.4 is 0 Å². The van der Waals surface area contributed by atoms with E-state index in [0.29, 0.717) is 11.3 Å². The Bertz CT molecular complexity index is 1360. The summed E-state index contributed by atoms with van der Waals surface area (Å²) in [6, 6.07) is 6.64. The van der Waals surface area contributed by atoms with Crippen LogP contribution >= 0.6 is 0 Å². The highest BCUT2D eigenvalue weighted by atomic mass is 19.4. The predicted octanol–water partition coefficient (Wildman–Crippen LogP) is 3.09. The minimum absolute atomic E-state index is 0.0129. The zero-order valence-electron chi connectivity index (χ0n) is 18.6. The van der Waals surface area contributed by atoms with E-state index in [2.05, 4.69) is 20.4 Å². The lowest BCUT2D eigenvalue weighted by atomic mass is 10.0. The second kappa shape index (κ2) is 9.49. The molecule has 1 fully saturated rings. The van der Waals surface area contributed by atoms with E-state index in [-0.39, 0.29) is 37.4 Å². The highest BCUT2D eigenvalue weighted by Crippen LogP contribution is 2.32. The van der Waals surface area contributed by atoms with Crippen molar-refractivity contribution >= 4 is 5.91 Å². The molecule has 3 heterocycles. The first-order valence-corrected chi connectivity index (χ1v) is 10.9. The molecule has 1 saturated heterocycles. The van der Waals surface area contributed by atoms with E-state index >= 15 is 0 Å². The van der Waals surface area contributed by atoms with E-state index < -0.39 is 29.5 Å². The monoisotopic (exact) mass is 501 g/mol. The molecule has 2 aromatic heterocycles. The van der Waals surface area contributed by atoms with Crippen molar-refractivity contribution in [2.75, 3.05) is 19.8 Å². The largest absolute Gasteiger partial charge is 0.416 e. The van der Waals surface area contributed by atoms with Crippen LogP contribution in [0.4, 0.5) is 17.6 Å². The van der Waals surface area contributed by atoms with Crippen molar-refractivity contribution in [1.29, 1.82) is 0 Å². The van der Waals surface area contributed by atoms with Crippen molar-refractivity contribution < 1.29 is 27.1 Å². The van der Waals surface area contributed by atoms with Gasteiger partial charge in [0, 0.05) is 6.54 Å². The highest BCUT2D eigenvalue weighted by Gasteiger charge is 2.34. The summed E-state index contributed by atoms with van der Waals surface area (Å²) in [4.78, 5) is 17.4. The van der Waals surface area contributed by atoms with Crippen LogP contribution in [0.1, 0.15) is 21.5 Å². The summed E-state index contributed by atoms with van der Waals surface area (Å²) in [6.07, 6.45) is 1.09. The number of ether oxygens (including phenoxy) is 1. The van der Waals surface area contributed by atoms with Gasteiger partial charge in [0.25, 0.3) is 5.91 Å². The first-order valence-electron chi connectivity index (χ1n) is 10.9. The third-order valence-electron chi connectivity index (χ3n) is 5.81. The first-order chi connectivity index (χ1) is 17.3. The van der Waals surface area contributed by atoms with Crippen molar-refractivity contribution in [2.45, 2.75) is 18.6 Å². The van der Waals surface area contributed by atoms with Crippen molar-refractivity contribution in [3.8, 4) is 11.4 Å². The fourth-order valence-electron chi connectivity index (χ4n) is 4.09. The number of carbonyl (C=O) groups excluding carboxylic acids is 1. The normalized spacial score (nSPS) is 16.3. The number of morpholine rings is 1. The lowest BCUT2D eigenvalue weighted by Gasteiger charge is -2.36. The molecule has 186 valence electrons. The van der Waals surface area contributed by atoms with Crippen molar-refractivity contribution in [3.63, 3.8) is 0 Å². The molecular formula is C23H19F4N7O2.